The van der Waals surface area contributed by atoms with Crippen LogP contribution in [-0.4, -0.2) is 22.9 Å². The second-order valence-electron chi connectivity index (χ2n) is 5.14. The summed E-state index contributed by atoms with van der Waals surface area (Å²) in [5.41, 5.74) is 2.51. The molecule has 1 atom stereocenters. The lowest BCUT2D eigenvalue weighted by Crippen LogP contribution is -2.39. The van der Waals surface area contributed by atoms with Crippen LogP contribution >= 0.6 is 11.3 Å². The van der Waals surface area contributed by atoms with E-state index in [1.165, 1.54) is 11.3 Å². The molecule has 1 aromatic carbocycles. The third kappa shape index (κ3) is 3.09. The highest BCUT2D eigenvalue weighted by molar-refractivity contribution is 7.13. The predicted octanol–water partition coefficient (Wildman–Crippen LogP) is 2.49. The lowest BCUT2D eigenvalue weighted by Gasteiger charge is -2.25. The van der Waals surface area contributed by atoms with Gasteiger partial charge in [-0.3, -0.25) is 9.59 Å². The van der Waals surface area contributed by atoms with Gasteiger partial charge in [0.15, 0.2) is 11.2 Å². The van der Waals surface area contributed by atoms with E-state index in [2.05, 4.69) is 15.6 Å². The lowest BCUT2D eigenvalue weighted by atomic mass is 10.1. The van der Waals surface area contributed by atoms with Gasteiger partial charge in [0, 0.05) is 5.38 Å². The Balaban J connectivity index is 1.66. The molecule has 0 bridgehead atoms. The minimum atomic E-state index is -0.837. The fraction of sp³-hybridized carbons (Fsp3) is 0.267. The van der Waals surface area contributed by atoms with Gasteiger partial charge in [0.1, 0.15) is 5.75 Å². The zero-order valence-corrected chi connectivity index (χ0v) is 13.0. The number of benzene rings is 1. The minimum Gasteiger partial charge on any atom is -0.478 e. The number of aryl methyl sites for hydroxylation is 2. The fourth-order valence-corrected chi connectivity index (χ4v) is 2.85. The smallest absolute Gasteiger partial charge is 0.266 e. The molecule has 2 heterocycles. The molecule has 0 saturated heterocycles. The zero-order chi connectivity index (χ0) is 15.7. The molecule has 22 heavy (non-hydrogen) atoms. The Hall–Kier alpha value is -2.41. The Morgan fingerprint density at radius 3 is 3.00 bits per heavy atom. The normalized spacial score (nSPS) is 16.5. The molecule has 1 aromatic heterocycles. The van der Waals surface area contributed by atoms with E-state index in [-0.39, 0.29) is 18.2 Å². The number of aromatic nitrogens is 1. The van der Waals surface area contributed by atoms with Crippen molar-refractivity contribution in [3.63, 3.8) is 0 Å². The monoisotopic (exact) mass is 317 g/mol. The van der Waals surface area contributed by atoms with Crippen LogP contribution in [0, 0.1) is 13.8 Å². The molecule has 0 fully saturated rings. The lowest BCUT2D eigenvalue weighted by molar-refractivity contribution is -0.128. The topological polar surface area (TPSA) is 80.3 Å². The van der Waals surface area contributed by atoms with Crippen LogP contribution in [0.3, 0.4) is 0 Å². The first kappa shape index (κ1) is 14.5. The molecule has 0 radical (unpaired) electrons. The van der Waals surface area contributed by atoms with Crippen molar-refractivity contribution in [1.82, 2.24) is 4.98 Å². The molecule has 2 N–H and O–H groups in total. The van der Waals surface area contributed by atoms with Gasteiger partial charge in [0.25, 0.3) is 5.91 Å². The standard InChI is InChI=1S/C15H15N3O3S/c1-8-3-4-11-10(5-8)17-14(20)12(21-11)6-13(19)18-15-16-9(2)7-22-15/h3-5,7,12H,6H2,1-2H3,(H,17,20)(H,16,18,19). The molecule has 0 spiro atoms. The zero-order valence-electron chi connectivity index (χ0n) is 12.2. The van der Waals surface area contributed by atoms with E-state index in [0.29, 0.717) is 16.6 Å². The number of carbonyl (C=O) groups is 2. The fourth-order valence-electron chi connectivity index (χ4n) is 2.15. The summed E-state index contributed by atoms with van der Waals surface area (Å²) < 4.78 is 5.62. The van der Waals surface area contributed by atoms with E-state index < -0.39 is 6.10 Å². The number of hydrogen-bond donors (Lipinski definition) is 2. The number of amides is 2. The van der Waals surface area contributed by atoms with Gasteiger partial charge in [0.05, 0.1) is 17.8 Å². The first-order valence-electron chi connectivity index (χ1n) is 6.81. The molecule has 1 aliphatic heterocycles. The van der Waals surface area contributed by atoms with Crippen LogP contribution in [0.15, 0.2) is 23.6 Å². The van der Waals surface area contributed by atoms with Crippen molar-refractivity contribution in [2.45, 2.75) is 26.4 Å². The number of nitrogens with zero attached hydrogens (tertiary/aromatic N) is 1. The number of nitrogens with one attached hydrogen (secondary N) is 2. The maximum absolute atomic E-state index is 12.0. The van der Waals surface area contributed by atoms with Crippen LogP contribution in [0.1, 0.15) is 17.7 Å². The summed E-state index contributed by atoms with van der Waals surface area (Å²) in [7, 11) is 0. The van der Waals surface area contributed by atoms with Gasteiger partial charge < -0.3 is 15.4 Å². The Labute approximate surface area is 131 Å². The number of anilines is 2. The predicted molar refractivity (Wildman–Crippen MR) is 84.3 cm³/mol. The van der Waals surface area contributed by atoms with E-state index in [1.54, 1.807) is 6.07 Å². The summed E-state index contributed by atoms with van der Waals surface area (Å²) in [6.07, 6.45) is -0.895. The second-order valence-corrected chi connectivity index (χ2v) is 6.00. The molecule has 7 heteroatoms. The quantitative estimate of drug-likeness (QED) is 0.911. The van der Waals surface area contributed by atoms with Crippen molar-refractivity contribution in [1.29, 1.82) is 0 Å². The van der Waals surface area contributed by atoms with Gasteiger partial charge in [-0.05, 0) is 31.5 Å². The Morgan fingerprint density at radius 1 is 1.45 bits per heavy atom. The highest BCUT2D eigenvalue weighted by Crippen LogP contribution is 2.31. The Kier molecular flexibility index (Phi) is 3.81. The maximum atomic E-state index is 12.0. The molecule has 2 amide bonds. The highest BCUT2D eigenvalue weighted by atomic mass is 32.1. The van der Waals surface area contributed by atoms with Crippen molar-refractivity contribution >= 4 is 34.0 Å². The Morgan fingerprint density at radius 2 is 2.27 bits per heavy atom. The van der Waals surface area contributed by atoms with Crippen LogP contribution in [0.5, 0.6) is 5.75 Å². The number of carbonyl (C=O) groups excluding carboxylic acids is 2. The summed E-state index contributed by atoms with van der Waals surface area (Å²) in [6.45, 7) is 3.78. The molecule has 114 valence electrons. The van der Waals surface area contributed by atoms with Gasteiger partial charge >= 0.3 is 0 Å². The number of thiazole rings is 1. The highest BCUT2D eigenvalue weighted by Gasteiger charge is 2.29. The molecule has 0 saturated carbocycles. The summed E-state index contributed by atoms with van der Waals surface area (Å²) >= 11 is 1.35. The average molecular weight is 317 g/mol. The maximum Gasteiger partial charge on any atom is 0.266 e. The first-order chi connectivity index (χ1) is 10.5. The molecule has 0 aliphatic carbocycles. The molecule has 1 aliphatic rings. The van der Waals surface area contributed by atoms with Crippen molar-refractivity contribution < 1.29 is 14.3 Å². The summed E-state index contributed by atoms with van der Waals surface area (Å²) in [5, 5.41) is 7.81. The summed E-state index contributed by atoms with van der Waals surface area (Å²) in [6, 6.07) is 5.52. The van der Waals surface area contributed by atoms with Gasteiger partial charge in [-0.15, -0.1) is 11.3 Å². The van der Waals surface area contributed by atoms with Crippen molar-refractivity contribution in [2.24, 2.45) is 0 Å². The molecule has 1 unspecified atom stereocenters. The molecular formula is C15H15N3O3S. The second kappa shape index (κ2) is 5.76. The SMILES string of the molecule is Cc1ccc2c(c1)NC(=O)C(CC(=O)Nc1nc(C)cs1)O2. The first-order valence-corrected chi connectivity index (χ1v) is 7.69. The Bertz CT molecular complexity index is 741. The van der Waals surface area contributed by atoms with Gasteiger partial charge in [-0.25, -0.2) is 4.98 Å². The van der Waals surface area contributed by atoms with E-state index in [0.717, 1.165) is 11.3 Å². The molecular weight excluding hydrogens is 302 g/mol. The van der Waals surface area contributed by atoms with E-state index in [1.807, 2.05) is 31.4 Å². The third-order valence-corrected chi connectivity index (χ3v) is 4.07. The van der Waals surface area contributed by atoms with Crippen molar-refractivity contribution in [3.8, 4) is 5.75 Å². The van der Waals surface area contributed by atoms with Crippen LogP contribution < -0.4 is 15.4 Å². The van der Waals surface area contributed by atoms with Crippen molar-refractivity contribution in [2.75, 3.05) is 10.6 Å². The number of hydrogen-bond acceptors (Lipinski definition) is 5. The van der Waals surface area contributed by atoms with Gasteiger partial charge in [-0.2, -0.15) is 0 Å². The van der Waals surface area contributed by atoms with Crippen LogP contribution in [0.4, 0.5) is 10.8 Å². The third-order valence-electron chi connectivity index (χ3n) is 3.19. The van der Waals surface area contributed by atoms with Crippen molar-refractivity contribution in [3.05, 3.63) is 34.8 Å². The van der Waals surface area contributed by atoms with Crippen LogP contribution in [-0.2, 0) is 9.59 Å². The number of fused-ring (bicyclic) bond motifs is 1. The van der Waals surface area contributed by atoms with E-state index >= 15 is 0 Å². The molecule has 2 aromatic rings. The molecule has 6 nitrogen and oxygen atoms in total. The van der Waals surface area contributed by atoms with Gasteiger partial charge in [-0.1, -0.05) is 6.07 Å². The minimum absolute atomic E-state index is 0.0578. The summed E-state index contributed by atoms with van der Waals surface area (Å²) in [5.74, 6) is -0.0401. The average Bonchev–Trinajstić information content (AvgIpc) is 2.85. The largest absolute Gasteiger partial charge is 0.478 e. The van der Waals surface area contributed by atoms with E-state index in [4.69, 9.17) is 4.74 Å². The number of rotatable bonds is 3. The summed E-state index contributed by atoms with van der Waals surface area (Å²) in [4.78, 5) is 28.2. The van der Waals surface area contributed by atoms with Gasteiger partial charge in [0.2, 0.25) is 5.91 Å². The number of ether oxygens (including phenoxy) is 1. The molecule has 3 rings (SSSR count). The van der Waals surface area contributed by atoms with Crippen LogP contribution in [0.25, 0.3) is 0 Å². The van der Waals surface area contributed by atoms with E-state index in [9.17, 15) is 9.59 Å². The van der Waals surface area contributed by atoms with Crippen LogP contribution in [0.2, 0.25) is 0 Å².